The molecule has 2 rings (SSSR count). The summed E-state index contributed by atoms with van der Waals surface area (Å²) in [5, 5.41) is 12.2. The SMILES string of the molecule is C[C@H](NC(=O)Cn1ccc2ccc(Br)cc21)C(=O)O. The van der Waals surface area contributed by atoms with Crippen molar-refractivity contribution < 1.29 is 14.7 Å². The van der Waals surface area contributed by atoms with Crippen molar-refractivity contribution >= 4 is 38.7 Å². The fraction of sp³-hybridized carbons (Fsp3) is 0.231. The topological polar surface area (TPSA) is 71.3 Å². The van der Waals surface area contributed by atoms with Crippen LogP contribution in [0.1, 0.15) is 6.92 Å². The van der Waals surface area contributed by atoms with Crippen LogP contribution in [-0.2, 0) is 16.1 Å². The highest BCUT2D eigenvalue weighted by atomic mass is 79.9. The van der Waals surface area contributed by atoms with E-state index in [1.807, 2.05) is 30.5 Å². The largest absolute Gasteiger partial charge is 0.480 e. The van der Waals surface area contributed by atoms with E-state index < -0.39 is 12.0 Å². The average Bonchev–Trinajstić information content (AvgIpc) is 2.71. The monoisotopic (exact) mass is 324 g/mol. The number of carbonyl (C=O) groups excluding carboxylic acids is 1. The molecule has 2 N–H and O–H groups in total. The van der Waals surface area contributed by atoms with Crippen LogP contribution in [0.5, 0.6) is 0 Å². The van der Waals surface area contributed by atoms with Crippen molar-refractivity contribution in [2.45, 2.75) is 19.5 Å². The highest BCUT2D eigenvalue weighted by Gasteiger charge is 2.14. The second-order valence-corrected chi connectivity index (χ2v) is 5.19. The van der Waals surface area contributed by atoms with Gasteiger partial charge < -0.3 is 15.0 Å². The molecule has 0 spiro atoms. The van der Waals surface area contributed by atoms with Gasteiger partial charge in [-0.05, 0) is 30.5 Å². The molecule has 1 heterocycles. The lowest BCUT2D eigenvalue weighted by Gasteiger charge is -2.10. The number of halogens is 1. The zero-order chi connectivity index (χ0) is 14.0. The van der Waals surface area contributed by atoms with Crippen LogP contribution >= 0.6 is 15.9 Å². The van der Waals surface area contributed by atoms with Crippen LogP contribution in [-0.4, -0.2) is 27.6 Å². The number of benzene rings is 1. The molecular weight excluding hydrogens is 312 g/mol. The Morgan fingerprint density at radius 2 is 2.16 bits per heavy atom. The summed E-state index contributed by atoms with van der Waals surface area (Å²) < 4.78 is 2.71. The molecule has 1 amide bonds. The van der Waals surface area contributed by atoms with Crippen molar-refractivity contribution in [1.29, 1.82) is 0 Å². The summed E-state index contributed by atoms with van der Waals surface area (Å²) in [7, 11) is 0. The smallest absolute Gasteiger partial charge is 0.325 e. The average molecular weight is 325 g/mol. The molecule has 1 aromatic carbocycles. The lowest BCUT2D eigenvalue weighted by atomic mass is 10.2. The van der Waals surface area contributed by atoms with Crippen LogP contribution in [0.2, 0.25) is 0 Å². The van der Waals surface area contributed by atoms with Gasteiger partial charge in [0.15, 0.2) is 0 Å². The summed E-state index contributed by atoms with van der Waals surface area (Å²) >= 11 is 3.39. The number of hydrogen-bond donors (Lipinski definition) is 2. The van der Waals surface area contributed by atoms with E-state index in [9.17, 15) is 9.59 Å². The van der Waals surface area contributed by atoms with Gasteiger partial charge in [0, 0.05) is 16.2 Å². The van der Waals surface area contributed by atoms with Gasteiger partial charge in [0.25, 0.3) is 0 Å². The van der Waals surface area contributed by atoms with E-state index in [1.54, 1.807) is 4.57 Å². The molecule has 0 saturated carbocycles. The number of aromatic nitrogens is 1. The molecule has 0 unspecified atom stereocenters. The molecule has 0 bridgehead atoms. The van der Waals surface area contributed by atoms with Crippen molar-refractivity contribution in [3.05, 3.63) is 34.9 Å². The predicted molar refractivity (Wildman–Crippen MR) is 74.9 cm³/mol. The van der Waals surface area contributed by atoms with Crippen LogP contribution in [0.25, 0.3) is 10.9 Å². The molecule has 1 aromatic heterocycles. The Morgan fingerprint density at radius 3 is 2.84 bits per heavy atom. The Kier molecular flexibility index (Phi) is 3.90. The van der Waals surface area contributed by atoms with Gasteiger partial charge >= 0.3 is 5.97 Å². The van der Waals surface area contributed by atoms with Gasteiger partial charge in [0.05, 0.1) is 0 Å². The molecule has 0 fully saturated rings. The van der Waals surface area contributed by atoms with Crippen LogP contribution in [0.4, 0.5) is 0 Å². The molecule has 0 aliphatic heterocycles. The second kappa shape index (κ2) is 5.44. The number of carboxylic acid groups (broad SMARTS) is 1. The van der Waals surface area contributed by atoms with E-state index in [2.05, 4.69) is 21.2 Å². The molecule has 19 heavy (non-hydrogen) atoms. The van der Waals surface area contributed by atoms with Gasteiger partial charge in [0.1, 0.15) is 12.6 Å². The summed E-state index contributed by atoms with van der Waals surface area (Å²) in [6.45, 7) is 1.53. The van der Waals surface area contributed by atoms with Gasteiger partial charge in [-0.2, -0.15) is 0 Å². The van der Waals surface area contributed by atoms with E-state index >= 15 is 0 Å². The van der Waals surface area contributed by atoms with Crippen LogP contribution < -0.4 is 5.32 Å². The van der Waals surface area contributed by atoms with E-state index in [4.69, 9.17) is 5.11 Å². The maximum atomic E-state index is 11.7. The first-order chi connectivity index (χ1) is 8.97. The van der Waals surface area contributed by atoms with E-state index in [0.717, 1.165) is 15.4 Å². The molecule has 5 nitrogen and oxygen atoms in total. The number of carbonyl (C=O) groups is 2. The Labute approximate surface area is 118 Å². The minimum Gasteiger partial charge on any atom is -0.480 e. The number of nitrogens with zero attached hydrogens (tertiary/aromatic N) is 1. The lowest BCUT2D eigenvalue weighted by Crippen LogP contribution is -2.39. The van der Waals surface area contributed by atoms with Crippen molar-refractivity contribution in [3.8, 4) is 0 Å². The van der Waals surface area contributed by atoms with Gasteiger partial charge in [-0.25, -0.2) is 0 Å². The molecule has 0 aliphatic carbocycles. The number of fused-ring (bicyclic) bond motifs is 1. The minimum absolute atomic E-state index is 0.0948. The molecule has 0 aliphatic rings. The number of aliphatic carboxylic acids is 1. The summed E-state index contributed by atoms with van der Waals surface area (Å²) in [6.07, 6.45) is 1.81. The Balaban J connectivity index is 2.15. The fourth-order valence-corrected chi connectivity index (χ4v) is 2.15. The second-order valence-electron chi connectivity index (χ2n) is 4.27. The molecule has 6 heteroatoms. The number of hydrogen-bond acceptors (Lipinski definition) is 2. The predicted octanol–water partition coefficient (Wildman–Crippen LogP) is 1.99. The third-order valence-corrected chi connectivity index (χ3v) is 3.29. The van der Waals surface area contributed by atoms with Gasteiger partial charge in [-0.15, -0.1) is 0 Å². The van der Waals surface area contributed by atoms with E-state index in [-0.39, 0.29) is 12.5 Å². The zero-order valence-corrected chi connectivity index (χ0v) is 11.8. The number of carboxylic acids is 1. The Morgan fingerprint density at radius 1 is 1.42 bits per heavy atom. The standard InChI is InChI=1S/C13H13BrN2O3/c1-8(13(18)19)15-12(17)7-16-5-4-9-2-3-10(14)6-11(9)16/h2-6,8H,7H2,1H3,(H,15,17)(H,18,19)/t8-/m0/s1. The van der Waals surface area contributed by atoms with Crippen LogP contribution in [0, 0.1) is 0 Å². The molecular formula is C13H13BrN2O3. The van der Waals surface area contributed by atoms with Crippen molar-refractivity contribution in [1.82, 2.24) is 9.88 Å². The van der Waals surface area contributed by atoms with Crippen LogP contribution in [0.15, 0.2) is 34.9 Å². The summed E-state index contributed by atoms with van der Waals surface area (Å²) in [6, 6.07) is 6.83. The zero-order valence-electron chi connectivity index (χ0n) is 10.3. The number of nitrogens with one attached hydrogen (secondary N) is 1. The van der Waals surface area contributed by atoms with Gasteiger partial charge in [0.2, 0.25) is 5.91 Å². The summed E-state index contributed by atoms with van der Waals surface area (Å²) in [4.78, 5) is 22.4. The normalized spacial score (nSPS) is 12.3. The lowest BCUT2D eigenvalue weighted by molar-refractivity contribution is -0.141. The van der Waals surface area contributed by atoms with Crippen molar-refractivity contribution in [3.63, 3.8) is 0 Å². The van der Waals surface area contributed by atoms with E-state index in [1.165, 1.54) is 6.92 Å². The number of rotatable bonds is 4. The molecule has 0 radical (unpaired) electrons. The first-order valence-electron chi connectivity index (χ1n) is 5.74. The third-order valence-electron chi connectivity index (χ3n) is 2.80. The van der Waals surface area contributed by atoms with Gasteiger partial charge in [-0.3, -0.25) is 9.59 Å². The maximum absolute atomic E-state index is 11.7. The molecule has 100 valence electrons. The quantitative estimate of drug-likeness (QED) is 0.903. The summed E-state index contributed by atoms with van der Waals surface area (Å²) in [5.74, 6) is -1.37. The van der Waals surface area contributed by atoms with Crippen molar-refractivity contribution in [2.75, 3.05) is 0 Å². The summed E-state index contributed by atoms with van der Waals surface area (Å²) in [5.41, 5.74) is 0.924. The van der Waals surface area contributed by atoms with E-state index in [0.29, 0.717) is 0 Å². The Hall–Kier alpha value is -1.82. The minimum atomic E-state index is -1.05. The third kappa shape index (κ3) is 3.14. The maximum Gasteiger partial charge on any atom is 0.325 e. The Bertz CT molecular complexity index is 636. The number of amides is 1. The molecule has 0 saturated heterocycles. The van der Waals surface area contributed by atoms with Crippen LogP contribution in [0.3, 0.4) is 0 Å². The highest BCUT2D eigenvalue weighted by molar-refractivity contribution is 9.10. The first-order valence-corrected chi connectivity index (χ1v) is 6.53. The highest BCUT2D eigenvalue weighted by Crippen LogP contribution is 2.20. The van der Waals surface area contributed by atoms with Gasteiger partial charge in [-0.1, -0.05) is 22.0 Å². The first kappa shape index (κ1) is 13.6. The molecule has 2 aromatic rings. The fourth-order valence-electron chi connectivity index (χ4n) is 1.80. The van der Waals surface area contributed by atoms with Crippen molar-refractivity contribution in [2.24, 2.45) is 0 Å². The molecule has 1 atom stereocenters.